The van der Waals surface area contributed by atoms with E-state index in [-0.39, 0.29) is 30.5 Å². The Bertz CT molecular complexity index is 768. The molecule has 0 radical (unpaired) electrons. The molecule has 0 saturated carbocycles. The minimum atomic E-state index is -1.06. The Labute approximate surface area is 143 Å². The number of halogens is 3. The highest BCUT2D eigenvalue weighted by molar-refractivity contribution is 6.33. The van der Waals surface area contributed by atoms with Crippen molar-refractivity contribution >= 4 is 34.8 Å². The number of carbonyl (C=O) groups excluding carboxylic acids is 2. The fraction of sp³-hybridized carbons (Fsp3) is 0.176. The highest BCUT2D eigenvalue weighted by atomic mass is 35.5. The summed E-state index contributed by atoms with van der Waals surface area (Å²) in [5.41, 5.74) is 0.651. The van der Waals surface area contributed by atoms with Crippen LogP contribution in [0.5, 0.6) is 0 Å². The highest BCUT2D eigenvalue weighted by Gasteiger charge is 2.16. The Morgan fingerprint density at radius 1 is 1.12 bits per heavy atom. The smallest absolute Gasteiger partial charge is 0.226 e. The van der Waals surface area contributed by atoms with Gasteiger partial charge in [-0.3, -0.25) is 9.59 Å². The van der Waals surface area contributed by atoms with Crippen molar-refractivity contribution in [2.45, 2.75) is 13.3 Å². The van der Waals surface area contributed by atoms with Gasteiger partial charge in [0.05, 0.1) is 10.7 Å². The van der Waals surface area contributed by atoms with E-state index >= 15 is 0 Å². The average Bonchev–Trinajstić information content (AvgIpc) is 2.53. The standard InChI is InChI=1S/C17H15ClF2N2O2/c1-11(23)22(12-6-7-14(19)15(20)10-12)9-8-17(24)21-16-5-3-2-4-13(16)18/h2-7,10H,8-9H2,1H3,(H,21,24). The molecule has 2 aromatic rings. The number of nitrogens with one attached hydrogen (secondary N) is 1. The molecule has 24 heavy (non-hydrogen) atoms. The molecule has 1 N–H and O–H groups in total. The number of hydrogen-bond acceptors (Lipinski definition) is 2. The van der Waals surface area contributed by atoms with Gasteiger partial charge in [0.2, 0.25) is 11.8 Å². The van der Waals surface area contributed by atoms with Gasteiger partial charge in [0, 0.05) is 31.6 Å². The van der Waals surface area contributed by atoms with Crippen LogP contribution in [0, 0.1) is 11.6 Å². The summed E-state index contributed by atoms with van der Waals surface area (Å²) in [6.45, 7) is 1.31. The number of hydrogen-bond donors (Lipinski definition) is 1. The summed E-state index contributed by atoms with van der Waals surface area (Å²) < 4.78 is 26.3. The second-order valence-electron chi connectivity index (χ2n) is 5.05. The van der Waals surface area contributed by atoms with Gasteiger partial charge in [-0.1, -0.05) is 23.7 Å². The lowest BCUT2D eigenvalue weighted by Crippen LogP contribution is -2.32. The molecule has 4 nitrogen and oxygen atoms in total. The first-order valence-electron chi connectivity index (χ1n) is 7.16. The molecule has 0 unspecified atom stereocenters. The summed E-state index contributed by atoms with van der Waals surface area (Å²) in [7, 11) is 0. The second-order valence-corrected chi connectivity index (χ2v) is 5.45. The fourth-order valence-corrected chi connectivity index (χ4v) is 2.29. The van der Waals surface area contributed by atoms with Gasteiger partial charge in [-0.05, 0) is 24.3 Å². The average molecular weight is 353 g/mol. The first-order valence-corrected chi connectivity index (χ1v) is 7.54. The Kier molecular flexibility index (Phi) is 5.87. The van der Waals surface area contributed by atoms with Crippen LogP contribution in [0.25, 0.3) is 0 Å². The summed E-state index contributed by atoms with van der Waals surface area (Å²) in [5.74, 6) is -2.79. The molecular formula is C17H15ClF2N2O2. The summed E-state index contributed by atoms with van der Waals surface area (Å²) >= 11 is 5.95. The molecule has 0 atom stereocenters. The molecule has 0 heterocycles. The van der Waals surface area contributed by atoms with Crippen LogP contribution >= 0.6 is 11.6 Å². The van der Waals surface area contributed by atoms with Gasteiger partial charge in [0.1, 0.15) is 0 Å². The van der Waals surface area contributed by atoms with Crippen molar-refractivity contribution in [2.24, 2.45) is 0 Å². The number of rotatable bonds is 5. The predicted molar refractivity (Wildman–Crippen MR) is 89.1 cm³/mol. The lowest BCUT2D eigenvalue weighted by Gasteiger charge is -2.21. The van der Waals surface area contributed by atoms with Gasteiger partial charge in [-0.2, -0.15) is 0 Å². The Hall–Kier alpha value is -2.47. The number of anilines is 2. The van der Waals surface area contributed by atoms with Gasteiger partial charge in [0.25, 0.3) is 0 Å². The van der Waals surface area contributed by atoms with Gasteiger partial charge in [-0.15, -0.1) is 0 Å². The van der Waals surface area contributed by atoms with E-state index in [4.69, 9.17) is 11.6 Å². The van der Waals surface area contributed by atoms with Gasteiger partial charge >= 0.3 is 0 Å². The zero-order valence-electron chi connectivity index (χ0n) is 12.9. The van der Waals surface area contributed by atoms with Crippen molar-refractivity contribution in [1.82, 2.24) is 0 Å². The van der Waals surface area contributed by atoms with Crippen LogP contribution in [-0.2, 0) is 9.59 Å². The Balaban J connectivity index is 2.03. The number of amides is 2. The van der Waals surface area contributed by atoms with Crippen molar-refractivity contribution in [2.75, 3.05) is 16.8 Å². The minimum Gasteiger partial charge on any atom is -0.325 e. The quantitative estimate of drug-likeness (QED) is 0.884. The van der Waals surface area contributed by atoms with Crippen LogP contribution in [-0.4, -0.2) is 18.4 Å². The number of para-hydroxylation sites is 1. The predicted octanol–water partition coefficient (Wildman–Crippen LogP) is 4.00. The van der Waals surface area contributed by atoms with Crippen LogP contribution in [0.3, 0.4) is 0 Å². The molecule has 0 aliphatic rings. The summed E-state index contributed by atoms with van der Waals surface area (Å²) in [6.07, 6.45) is -0.0240. The first kappa shape index (κ1) is 17.9. The lowest BCUT2D eigenvalue weighted by molar-refractivity contribution is -0.117. The Morgan fingerprint density at radius 3 is 2.46 bits per heavy atom. The van der Waals surface area contributed by atoms with Crippen LogP contribution in [0.2, 0.25) is 5.02 Å². The zero-order valence-corrected chi connectivity index (χ0v) is 13.6. The third kappa shape index (κ3) is 4.52. The molecule has 0 spiro atoms. The summed E-state index contributed by atoms with van der Waals surface area (Å²) in [6, 6.07) is 9.89. The van der Waals surface area contributed by atoms with E-state index in [1.807, 2.05) is 0 Å². The molecule has 0 aliphatic heterocycles. The van der Waals surface area contributed by atoms with Crippen molar-refractivity contribution < 1.29 is 18.4 Å². The minimum absolute atomic E-state index is 0.0240. The van der Waals surface area contributed by atoms with Crippen LogP contribution in [0.1, 0.15) is 13.3 Å². The number of benzene rings is 2. The fourth-order valence-electron chi connectivity index (χ4n) is 2.11. The molecule has 2 aromatic carbocycles. The van der Waals surface area contributed by atoms with Crippen molar-refractivity contribution in [3.63, 3.8) is 0 Å². The molecule has 2 amide bonds. The van der Waals surface area contributed by atoms with E-state index < -0.39 is 11.6 Å². The molecule has 0 aliphatic carbocycles. The molecule has 126 valence electrons. The molecular weight excluding hydrogens is 338 g/mol. The van der Waals surface area contributed by atoms with E-state index in [0.717, 1.165) is 12.1 Å². The molecule has 0 bridgehead atoms. The Morgan fingerprint density at radius 2 is 1.83 bits per heavy atom. The van der Waals surface area contributed by atoms with Crippen molar-refractivity contribution in [3.8, 4) is 0 Å². The molecule has 0 fully saturated rings. The topological polar surface area (TPSA) is 49.4 Å². The zero-order chi connectivity index (χ0) is 17.7. The largest absolute Gasteiger partial charge is 0.325 e. The summed E-state index contributed by atoms with van der Waals surface area (Å²) in [4.78, 5) is 24.9. The maximum absolute atomic E-state index is 13.3. The van der Waals surface area contributed by atoms with Gasteiger partial charge < -0.3 is 10.2 Å². The highest BCUT2D eigenvalue weighted by Crippen LogP contribution is 2.21. The molecule has 7 heteroatoms. The number of nitrogens with zero attached hydrogens (tertiary/aromatic N) is 1. The van der Waals surface area contributed by atoms with Crippen LogP contribution < -0.4 is 10.2 Å². The maximum atomic E-state index is 13.3. The number of carbonyl (C=O) groups is 2. The third-order valence-corrected chi connectivity index (χ3v) is 3.63. The van der Waals surface area contributed by atoms with E-state index in [1.165, 1.54) is 17.9 Å². The third-order valence-electron chi connectivity index (χ3n) is 3.31. The van der Waals surface area contributed by atoms with Crippen molar-refractivity contribution in [3.05, 3.63) is 59.1 Å². The molecule has 0 saturated heterocycles. The lowest BCUT2D eigenvalue weighted by atomic mass is 10.2. The maximum Gasteiger partial charge on any atom is 0.226 e. The normalized spacial score (nSPS) is 10.3. The summed E-state index contributed by atoms with van der Waals surface area (Å²) in [5, 5.41) is 3.03. The SMILES string of the molecule is CC(=O)N(CCC(=O)Nc1ccccc1Cl)c1ccc(F)c(F)c1. The molecule has 2 rings (SSSR count). The van der Waals surface area contributed by atoms with Crippen LogP contribution in [0.4, 0.5) is 20.2 Å². The molecule has 0 aromatic heterocycles. The van der Waals surface area contributed by atoms with Gasteiger partial charge in [0.15, 0.2) is 11.6 Å². The first-order chi connectivity index (χ1) is 11.4. The second kappa shape index (κ2) is 7.88. The van der Waals surface area contributed by atoms with Crippen molar-refractivity contribution in [1.29, 1.82) is 0 Å². The van der Waals surface area contributed by atoms with E-state index in [0.29, 0.717) is 10.7 Å². The monoisotopic (exact) mass is 352 g/mol. The van der Waals surface area contributed by atoms with E-state index in [2.05, 4.69) is 5.32 Å². The van der Waals surface area contributed by atoms with E-state index in [9.17, 15) is 18.4 Å². The van der Waals surface area contributed by atoms with E-state index in [1.54, 1.807) is 24.3 Å². The van der Waals surface area contributed by atoms with Gasteiger partial charge in [-0.25, -0.2) is 8.78 Å². The van der Waals surface area contributed by atoms with Crippen LogP contribution in [0.15, 0.2) is 42.5 Å².